The summed E-state index contributed by atoms with van der Waals surface area (Å²) in [4.78, 5) is 10.9. The second-order valence-electron chi connectivity index (χ2n) is 3.31. The SMILES string of the molecule is CC(C)COCCOC(=O)C(C)S. The third kappa shape index (κ3) is 8.12. The van der Waals surface area contributed by atoms with Crippen LogP contribution in [0.25, 0.3) is 0 Å². The van der Waals surface area contributed by atoms with E-state index < -0.39 is 0 Å². The van der Waals surface area contributed by atoms with Crippen molar-refractivity contribution in [3.8, 4) is 0 Å². The summed E-state index contributed by atoms with van der Waals surface area (Å²) >= 11 is 3.94. The van der Waals surface area contributed by atoms with E-state index in [2.05, 4.69) is 26.5 Å². The van der Waals surface area contributed by atoms with Crippen LogP contribution in [-0.4, -0.2) is 31.0 Å². The van der Waals surface area contributed by atoms with Gasteiger partial charge in [0.25, 0.3) is 0 Å². The van der Waals surface area contributed by atoms with Crippen LogP contribution in [0.5, 0.6) is 0 Å². The number of rotatable bonds is 6. The molecule has 0 rings (SSSR count). The predicted molar refractivity (Wildman–Crippen MR) is 55.1 cm³/mol. The van der Waals surface area contributed by atoms with Crippen molar-refractivity contribution in [2.45, 2.75) is 26.0 Å². The fourth-order valence-corrected chi connectivity index (χ4v) is 0.715. The van der Waals surface area contributed by atoms with Gasteiger partial charge >= 0.3 is 5.97 Å². The molecule has 0 aromatic carbocycles. The zero-order valence-corrected chi connectivity index (χ0v) is 9.34. The van der Waals surface area contributed by atoms with E-state index in [9.17, 15) is 4.79 Å². The summed E-state index contributed by atoms with van der Waals surface area (Å²) in [5.74, 6) is 0.219. The zero-order chi connectivity index (χ0) is 10.3. The largest absolute Gasteiger partial charge is 0.462 e. The average Bonchev–Trinajstić information content (AvgIpc) is 2.02. The van der Waals surface area contributed by atoms with Gasteiger partial charge in [-0.3, -0.25) is 4.79 Å². The number of carbonyl (C=O) groups excluding carboxylic acids is 1. The topological polar surface area (TPSA) is 35.5 Å². The van der Waals surface area contributed by atoms with Crippen molar-refractivity contribution in [1.29, 1.82) is 0 Å². The van der Waals surface area contributed by atoms with Crippen LogP contribution >= 0.6 is 12.6 Å². The zero-order valence-electron chi connectivity index (χ0n) is 8.45. The van der Waals surface area contributed by atoms with Crippen LogP contribution in [0.4, 0.5) is 0 Å². The number of hydrogen-bond acceptors (Lipinski definition) is 4. The molecule has 13 heavy (non-hydrogen) atoms. The Morgan fingerprint density at radius 3 is 2.38 bits per heavy atom. The Morgan fingerprint density at radius 1 is 1.31 bits per heavy atom. The Hall–Kier alpha value is -0.220. The van der Waals surface area contributed by atoms with Gasteiger partial charge in [0, 0.05) is 6.61 Å². The summed E-state index contributed by atoms with van der Waals surface area (Å²) in [5.41, 5.74) is 0. The van der Waals surface area contributed by atoms with Gasteiger partial charge in [0.15, 0.2) is 0 Å². The molecule has 0 radical (unpaired) electrons. The lowest BCUT2D eigenvalue weighted by atomic mass is 10.2. The maximum atomic E-state index is 10.9. The van der Waals surface area contributed by atoms with Gasteiger partial charge < -0.3 is 9.47 Å². The van der Waals surface area contributed by atoms with E-state index in [0.717, 1.165) is 0 Å². The van der Waals surface area contributed by atoms with Crippen molar-refractivity contribution in [3.05, 3.63) is 0 Å². The van der Waals surface area contributed by atoms with Crippen LogP contribution in [-0.2, 0) is 14.3 Å². The molecule has 3 nitrogen and oxygen atoms in total. The third-order valence-electron chi connectivity index (χ3n) is 1.26. The van der Waals surface area contributed by atoms with Crippen molar-refractivity contribution >= 4 is 18.6 Å². The minimum Gasteiger partial charge on any atom is -0.462 e. The van der Waals surface area contributed by atoms with Crippen LogP contribution in [0, 0.1) is 5.92 Å². The van der Waals surface area contributed by atoms with E-state index >= 15 is 0 Å². The lowest BCUT2D eigenvalue weighted by molar-refractivity contribution is -0.144. The molecule has 0 aliphatic carbocycles. The van der Waals surface area contributed by atoms with Gasteiger partial charge in [0.05, 0.1) is 11.9 Å². The first kappa shape index (κ1) is 12.8. The Bertz CT molecular complexity index is 146. The average molecular weight is 206 g/mol. The molecule has 4 heteroatoms. The van der Waals surface area contributed by atoms with Gasteiger partial charge in [-0.1, -0.05) is 13.8 Å². The van der Waals surface area contributed by atoms with E-state index in [1.165, 1.54) is 0 Å². The molecule has 1 atom stereocenters. The molecule has 0 saturated heterocycles. The fraction of sp³-hybridized carbons (Fsp3) is 0.889. The quantitative estimate of drug-likeness (QED) is 0.406. The molecule has 0 aliphatic heterocycles. The van der Waals surface area contributed by atoms with Gasteiger partial charge in [-0.15, -0.1) is 0 Å². The van der Waals surface area contributed by atoms with Crippen molar-refractivity contribution in [2.75, 3.05) is 19.8 Å². The minimum atomic E-state index is -0.356. The van der Waals surface area contributed by atoms with Gasteiger partial charge in [-0.25, -0.2) is 0 Å². The minimum absolute atomic E-state index is 0.295. The van der Waals surface area contributed by atoms with Crippen LogP contribution < -0.4 is 0 Å². The summed E-state index contributed by atoms with van der Waals surface area (Å²) in [6, 6.07) is 0. The summed E-state index contributed by atoms with van der Waals surface area (Å²) in [6.45, 7) is 7.30. The monoisotopic (exact) mass is 206 g/mol. The van der Waals surface area contributed by atoms with E-state index in [1.54, 1.807) is 6.92 Å². The van der Waals surface area contributed by atoms with Crippen LogP contribution in [0.1, 0.15) is 20.8 Å². The molecule has 0 saturated carbocycles. The first-order valence-electron chi connectivity index (χ1n) is 4.46. The lowest BCUT2D eigenvalue weighted by Crippen LogP contribution is -2.18. The van der Waals surface area contributed by atoms with Crippen molar-refractivity contribution in [2.24, 2.45) is 5.92 Å². The summed E-state index contributed by atoms with van der Waals surface area (Å²) in [7, 11) is 0. The van der Waals surface area contributed by atoms with Gasteiger partial charge in [0.2, 0.25) is 0 Å². The molecule has 0 amide bonds. The van der Waals surface area contributed by atoms with Crippen LogP contribution in [0.2, 0.25) is 0 Å². The second kappa shape index (κ2) is 7.21. The lowest BCUT2D eigenvalue weighted by Gasteiger charge is -2.08. The van der Waals surface area contributed by atoms with Crippen molar-refractivity contribution in [1.82, 2.24) is 0 Å². The van der Waals surface area contributed by atoms with E-state index in [4.69, 9.17) is 9.47 Å². The highest BCUT2D eigenvalue weighted by Crippen LogP contribution is 1.96. The molecule has 0 heterocycles. The van der Waals surface area contributed by atoms with Crippen molar-refractivity contribution in [3.63, 3.8) is 0 Å². The summed E-state index contributed by atoms with van der Waals surface area (Å²) < 4.78 is 10.1. The number of hydrogen-bond donors (Lipinski definition) is 1. The highest BCUT2D eigenvalue weighted by molar-refractivity contribution is 7.81. The van der Waals surface area contributed by atoms with E-state index in [0.29, 0.717) is 25.7 Å². The number of esters is 1. The first-order chi connectivity index (χ1) is 6.04. The van der Waals surface area contributed by atoms with Crippen LogP contribution in [0.15, 0.2) is 0 Å². The Labute approximate surface area is 85.2 Å². The standard InChI is InChI=1S/C9H18O3S/c1-7(2)6-11-4-5-12-9(10)8(3)13/h7-8,13H,4-6H2,1-3H3. The van der Waals surface area contributed by atoms with Gasteiger partial charge in [-0.2, -0.15) is 12.6 Å². The third-order valence-corrected chi connectivity index (χ3v) is 1.48. The normalized spacial score (nSPS) is 13.0. The molecule has 0 aromatic rings. The molecule has 0 fully saturated rings. The Balaban J connectivity index is 3.21. The van der Waals surface area contributed by atoms with Gasteiger partial charge in [0.1, 0.15) is 6.61 Å². The highest BCUT2D eigenvalue weighted by atomic mass is 32.1. The summed E-state index contributed by atoms with van der Waals surface area (Å²) in [5, 5.41) is -0.356. The van der Waals surface area contributed by atoms with Crippen molar-refractivity contribution < 1.29 is 14.3 Å². The summed E-state index contributed by atoms with van der Waals surface area (Å²) in [6.07, 6.45) is 0. The number of thiol groups is 1. The fourth-order valence-electron chi connectivity index (χ4n) is 0.641. The molecule has 0 bridgehead atoms. The Morgan fingerprint density at radius 2 is 1.92 bits per heavy atom. The number of ether oxygens (including phenoxy) is 2. The molecule has 1 unspecified atom stereocenters. The molecule has 0 N–H and O–H groups in total. The maximum absolute atomic E-state index is 10.9. The molecule has 78 valence electrons. The molecule has 0 spiro atoms. The first-order valence-corrected chi connectivity index (χ1v) is 4.98. The second-order valence-corrected chi connectivity index (χ2v) is 4.09. The van der Waals surface area contributed by atoms with Gasteiger partial charge in [-0.05, 0) is 12.8 Å². The predicted octanol–water partition coefficient (Wildman–Crippen LogP) is 1.52. The maximum Gasteiger partial charge on any atom is 0.318 e. The molecule has 0 aromatic heterocycles. The highest BCUT2D eigenvalue weighted by Gasteiger charge is 2.08. The van der Waals surface area contributed by atoms with E-state index in [-0.39, 0.29) is 11.2 Å². The molecular formula is C9H18O3S. The van der Waals surface area contributed by atoms with Crippen LogP contribution in [0.3, 0.4) is 0 Å². The molecular weight excluding hydrogens is 188 g/mol. The van der Waals surface area contributed by atoms with E-state index in [1.807, 2.05) is 0 Å². The number of carbonyl (C=O) groups is 1. The Kier molecular flexibility index (Phi) is 7.09. The smallest absolute Gasteiger partial charge is 0.318 e. The molecule has 0 aliphatic rings.